The average Bonchev–Trinajstić information content (AvgIpc) is 2.80. The molecule has 4 rings (SSSR count). The number of hydrogen-bond acceptors (Lipinski definition) is 8. The topological polar surface area (TPSA) is 146 Å². The highest BCUT2D eigenvalue weighted by molar-refractivity contribution is 5.82. The summed E-state index contributed by atoms with van der Waals surface area (Å²) in [5, 5.41) is 22.1. The van der Waals surface area contributed by atoms with Crippen LogP contribution in [0.5, 0.6) is 0 Å². The second kappa shape index (κ2) is 9.16. The van der Waals surface area contributed by atoms with Crippen molar-refractivity contribution in [1.29, 1.82) is 10.5 Å². The van der Waals surface area contributed by atoms with Crippen molar-refractivity contribution < 1.29 is 0 Å². The zero-order valence-corrected chi connectivity index (χ0v) is 17.9. The highest BCUT2D eigenvalue weighted by Crippen LogP contribution is 2.19. The van der Waals surface area contributed by atoms with Gasteiger partial charge >= 0.3 is 0 Å². The van der Waals surface area contributed by atoms with Gasteiger partial charge in [0.05, 0.1) is 35.3 Å². The minimum Gasteiger partial charge on any atom is -0.368 e. The zero-order valence-electron chi connectivity index (χ0n) is 17.9. The number of nitrogen functional groups attached to an aromatic ring is 1. The van der Waals surface area contributed by atoms with E-state index in [4.69, 9.17) is 10.7 Å². The van der Waals surface area contributed by atoms with Gasteiger partial charge < -0.3 is 11.1 Å². The molecule has 1 atom stereocenters. The Morgan fingerprint density at radius 2 is 1.91 bits per heavy atom. The maximum absolute atomic E-state index is 13.6. The van der Waals surface area contributed by atoms with E-state index in [1.54, 1.807) is 22.8 Å². The minimum atomic E-state index is -0.243. The van der Waals surface area contributed by atoms with E-state index in [-0.39, 0.29) is 29.5 Å². The molecular formula is C24H20N8O. The normalized spacial score (nSPS) is 11.5. The number of nitrogens with two attached hydrogens (primary N) is 1. The fourth-order valence-corrected chi connectivity index (χ4v) is 3.70. The van der Waals surface area contributed by atoms with Crippen LogP contribution in [0.1, 0.15) is 23.9 Å². The first-order valence-electron chi connectivity index (χ1n) is 10.3. The Morgan fingerprint density at radius 3 is 2.64 bits per heavy atom. The largest absolute Gasteiger partial charge is 0.368 e. The van der Waals surface area contributed by atoms with Crippen LogP contribution in [0.25, 0.3) is 16.6 Å². The molecule has 33 heavy (non-hydrogen) atoms. The van der Waals surface area contributed by atoms with E-state index in [0.29, 0.717) is 40.2 Å². The molecule has 0 bridgehead atoms. The van der Waals surface area contributed by atoms with Gasteiger partial charge in [-0.15, -0.1) is 0 Å². The van der Waals surface area contributed by atoms with Crippen molar-refractivity contribution in [2.75, 3.05) is 11.1 Å². The van der Waals surface area contributed by atoms with Crippen LogP contribution in [0.4, 0.5) is 11.8 Å². The molecule has 0 aliphatic heterocycles. The van der Waals surface area contributed by atoms with Crippen molar-refractivity contribution in [3.05, 3.63) is 82.0 Å². The second-order valence-electron chi connectivity index (χ2n) is 7.50. The van der Waals surface area contributed by atoms with E-state index in [1.807, 2.05) is 43.3 Å². The summed E-state index contributed by atoms with van der Waals surface area (Å²) in [6.07, 6.45) is 1.84. The van der Waals surface area contributed by atoms with Gasteiger partial charge in [-0.2, -0.15) is 15.5 Å². The number of aromatic nitrogens is 4. The summed E-state index contributed by atoms with van der Waals surface area (Å²) in [5.41, 5.74) is 7.57. The average molecular weight is 436 g/mol. The Kier molecular flexibility index (Phi) is 5.96. The van der Waals surface area contributed by atoms with Crippen molar-refractivity contribution in [1.82, 2.24) is 19.5 Å². The quantitative estimate of drug-likeness (QED) is 0.469. The maximum Gasteiger partial charge on any atom is 0.266 e. The molecule has 9 heteroatoms. The van der Waals surface area contributed by atoms with Gasteiger partial charge in [0.15, 0.2) is 0 Å². The van der Waals surface area contributed by atoms with E-state index < -0.39 is 0 Å². The fourth-order valence-electron chi connectivity index (χ4n) is 3.70. The number of nitriles is 2. The van der Waals surface area contributed by atoms with Gasteiger partial charge in [0, 0.05) is 12.5 Å². The van der Waals surface area contributed by atoms with Crippen LogP contribution >= 0.6 is 0 Å². The number of nitrogens with zero attached hydrogens (tertiary/aromatic N) is 6. The van der Waals surface area contributed by atoms with Gasteiger partial charge in [0.1, 0.15) is 23.3 Å². The summed E-state index contributed by atoms with van der Waals surface area (Å²) in [5.74, 6) is 0.912. The molecule has 0 spiro atoms. The summed E-state index contributed by atoms with van der Waals surface area (Å²) < 4.78 is 1.57. The molecule has 0 saturated heterocycles. The molecule has 0 fully saturated rings. The van der Waals surface area contributed by atoms with Crippen LogP contribution < -0.4 is 16.6 Å². The fraction of sp³-hybridized carbons (Fsp3) is 0.167. The number of anilines is 2. The molecule has 4 aromatic rings. The van der Waals surface area contributed by atoms with Gasteiger partial charge in [0.25, 0.3) is 5.56 Å². The van der Waals surface area contributed by atoms with E-state index in [1.165, 1.54) is 6.20 Å². The molecular weight excluding hydrogens is 416 g/mol. The van der Waals surface area contributed by atoms with E-state index in [0.717, 1.165) is 0 Å². The zero-order chi connectivity index (χ0) is 23.4. The van der Waals surface area contributed by atoms with Gasteiger partial charge in [0.2, 0.25) is 5.95 Å². The Balaban J connectivity index is 1.82. The Hall–Kier alpha value is -4.76. The highest BCUT2D eigenvalue weighted by Gasteiger charge is 2.18. The van der Waals surface area contributed by atoms with Crippen LogP contribution in [0.15, 0.2) is 59.5 Å². The lowest BCUT2D eigenvalue weighted by atomic mass is 10.1. The molecule has 0 saturated carbocycles. The summed E-state index contributed by atoms with van der Waals surface area (Å²) in [6.45, 7) is 1.90. The van der Waals surface area contributed by atoms with Crippen LogP contribution in [-0.4, -0.2) is 25.6 Å². The summed E-state index contributed by atoms with van der Waals surface area (Å²) in [4.78, 5) is 26.4. The molecule has 0 aliphatic carbocycles. The molecule has 9 nitrogen and oxygen atoms in total. The van der Waals surface area contributed by atoms with Crippen LogP contribution in [0, 0.1) is 22.7 Å². The van der Waals surface area contributed by atoms with Gasteiger partial charge in [-0.25, -0.2) is 9.97 Å². The van der Waals surface area contributed by atoms with E-state index >= 15 is 0 Å². The van der Waals surface area contributed by atoms with Gasteiger partial charge in [-0.3, -0.25) is 9.36 Å². The van der Waals surface area contributed by atoms with Crippen molar-refractivity contribution in [3.8, 4) is 17.8 Å². The lowest BCUT2D eigenvalue weighted by molar-refractivity contribution is 0.708. The smallest absolute Gasteiger partial charge is 0.266 e. The minimum absolute atomic E-state index is 0.0544. The summed E-state index contributed by atoms with van der Waals surface area (Å²) >= 11 is 0. The van der Waals surface area contributed by atoms with E-state index in [2.05, 4.69) is 21.4 Å². The summed E-state index contributed by atoms with van der Waals surface area (Å²) in [7, 11) is 0. The number of hydrogen-bond donors (Lipinski definition) is 2. The number of fused-ring (bicyclic) bond motifs is 1. The third-order valence-corrected chi connectivity index (χ3v) is 5.14. The number of para-hydroxylation sites is 1. The highest BCUT2D eigenvalue weighted by atomic mass is 16.1. The first-order valence-corrected chi connectivity index (χ1v) is 10.3. The Bertz CT molecular complexity index is 1460. The predicted molar refractivity (Wildman–Crippen MR) is 125 cm³/mol. The maximum atomic E-state index is 13.6. The molecule has 0 amide bonds. The van der Waals surface area contributed by atoms with Crippen molar-refractivity contribution in [2.45, 2.75) is 25.8 Å². The third kappa shape index (κ3) is 4.34. The van der Waals surface area contributed by atoms with Crippen molar-refractivity contribution >= 4 is 22.7 Å². The predicted octanol–water partition coefficient (Wildman–Crippen LogP) is 2.74. The third-order valence-electron chi connectivity index (χ3n) is 5.14. The molecule has 2 aromatic heterocycles. The number of benzene rings is 2. The van der Waals surface area contributed by atoms with Crippen molar-refractivity contribution in [3.63, 3.8) is 0 Å². The molecule has 0 aliphatic rings. The standard InChI is InChI=1S/C24H20N8O/c1-15(29-22-17(13-26)14-28-24(27)31-22)12-20-30-19-9-5-6-16(10-11-25)21(19)23(33)32(20)18-7-3-2-4-8-18/h2-9,14-15H,10,12H2,1H3,(H3,27,28,29,31)/t15-/m1/s1. The van der Waals surface area contributed by atoms with Crippen LogP contribution in [-0.2, 0) is 12.8 Å². The first kappa shape index (κ1) is 21.5. The molecule has 2 heterocycles. The monoisotopic (exact) mass is 436 g/mol. The first-order chi connectivity index (χ1) is 16.0. The molecule has 0 unspecified atom stereocenters. The van der Waals surface area contributed by atoms with Crippen LogP contribution in [0.3, 0.4) is 0 Å². The Morgan fingerprint density at radius 1 is 1.12 bits per heavy atom. The van der Waals surface area contributed by atoms with Crippen molar-refractivity contribution in [2.24, 2.45) is 0 Å². The Labute approximate surface area is 189 Å². The number of rotatable bonds is 6. The van der Waals surface area contributed by atoms with Gasteiger partial charge in [-0.1, -0.05) is 30.3 Å². The molecule has 0 radical (unpaired) electrons. The molecule has 3 N–H and O–H groups in total. The number of nitrogens with one attached hydrogen (secondary N) is 1. The van der Waals surface area contributed by atoms with E-state index in [9.17, 15) is 15.3 Å². The lowest BCUT2D eigenvalue weighted by Gasteiger charge is -2.19. The molecule has 162 valence electrons. The summed E-state index contributed by atoms with van der Waals surface area (Å²) in [6, 6.07) is 18.5. The molecule has 2 aromatic carbocycles. The lowest BCUT2D eigenvalue weighted by Crippen LogP contribution is -2.29. The second-order valence-corrected chi connectivity index (χ2v) is 7.50. The SMILES string of the molecule is C[C@H](Cc1nc2cccc(CC#N)c2c(=O)n1-c1ccccc1)Nc1nc(N)ncc1C#N. The van der Waals surface area contributed by atoms with Gasteiger partial charge in [-0.05, 0) is 30.7 Å². The van der Waals surface area contributed by atoms with Crippen LogP contribution in [0.2, 0.25) is 0 Å².